The normalized spacial score (nSPS) is 10.2. The van der Waals surface area contributed by atoms with Crippen LogP contribution in [0.5, 0.6) is 0 Å². The Morgan fingerprint density at radius 2 is 2.00 bits per heavy atom. The van der Waals surface area contributed by atoms with Crippen LogP contribution in [0.1, 0.15) is 11.1 Å². The van der Waals surface area contributed by atoms with Crippen molar-refractivity contribution in [3.8, 4) is 0 Å². The van der Waals surface area contributed by atoms with Crippen molar-refractivity contribution < 1.29 is 9.59 Å². The maximum Gasteiger partial charge on any atom is 0.244 e. The molecular weight excluding hydrogens is 190 g/mol. The highest BCUT2D eigenvalue weighted by atomic mass is 16.2. The van der Waals surface area contributed by atoms with E-state index in [1.54, 1.807) is 6.08 Å². The largest absolute Gasteiger partial charge is 0.346 e. The second-order valence-corrected chi connectivity index (χ2v) is 3.16. The second kappa shape index (κ2) is 5.75. The molecule has 3 heteroatoms. The number of hydrogen-bond donors (Lipinski definition) is 1. The molecule has 0 fully saturated rings. The van der Waals surface area contributed by atoms with Gasteiger partial charge in [-0.3, -0.25) is 4.79 Å². The van der Waals surface area contributed by atoms with Crippen LogP contribution in [0.2, 0.25) is 0 Å². The van der Waals surface area contributed by atoms with Gasteiger partial charge in [0, 0.05) is 6.08 Å². The van der Waals surface area contributed by atoms with E-state index in [2.05, 4.69) is 5.32 Å². The zero-order valence-corrected chi connectivity index (χ0v) is 8.57. The number of amides is 1. The van der Waals surface area contributed by atoms with Crippen LogP contribution < -0.4 is 5.32 Å². The number of nitrogens with one attached hydrogen (secondary N) is 1. The van der Waals surface area contributed by atoms with Gasteiger partial charge in [-0.1, -0.05) is 29.8 Å². The Morgan fingerprint density at radius 3 is 2.60 bits per heavy atom. The summed E-state index contributed by atoms with van der Waals surface area (Å²) in [5.74, 6) is -0.261. The molecule has 0 radical (unpaired) electrons. The lowest BCUT2D eigenvalue weighted by molar-refractivity contribution is -0.118. The summed E-state index contributed by atoms with van der Waals surface area (Å²) in [7, 11) is 0. The summed E-state index contributed by atoms with van der Waals surface area (Å²) in [6.45, 7) is 2.06. The molecule has 1 rings (SSSR count). The molecule has 0 saturated carbocycles. The van der Waals surface area contributed by atoms with Crippen LogP contribution in [-0.4, -0.2) is 18.7 Å². The third-order valence-corrected chi connectivity index (χ3v) is 1.86. The van der Waals surface area contributed by atoms with Crippen LogP contribution in [0.15, 0.2) is 30.3 Å². The molecule has 3 nitrogen and oxygen atoms in total. The Labute approximate surface area is 88.8 Å². The van der Waals surface area contributed by atoms with E-state index in [0.29, 0.717) is 6.29 Å². The van der Waals surface area contributed by atoms with E-state index < -0.39 is 0 Å². The summed E-state index contributed by atoms with van der Waals surface area (Å²) < 4.78 is 0. The number of aryl methyl sites for hydroxylation is 1. The first kappa shape index (κ1) is 11.2. The van der Waals surface area contributed by atoms with Gasteiger partial charge < -0.3 is 10.1 Å². The van der Waals surface area contributed by atoms with Gasteiger partial charge in [0.05, 0.1) is 6.54 Å². The van der Waals surface area contributed by atoms with Crippen LogP contribution >= 0.6 is 0 Å². The van der Waals surface area contributed by atoms with E-state index in [9.17, 15) is 9.59 Å². The first-order valence-corrected chi connectivity index (χ1v) is 4.68. The van der Waals surface area contributed by atoms with Crippen molar-refractivity contribution in [2.45, 2.75) is 6.92 Å². The summed E-state index contributed by atoms with van der Waals surface area (Å²) in [4.78, 5) is 21.1. The van der Waals surface area contributed by atoms with Crippen molar-refractivity contribution in [1.29, 1.82) is 0 Å². The van der Waals surface area contributed by atoms with Gasteiger partial charge in [0.2, 0.25) is 5.91 Å². The van der Waals surface area contributed by atoms with Crippen LogP contribution in [0.25, 0.3) is 6.08 Å². The van der Waals surface area contributed by atoms with Gasteiger partial charge >= 0.3 is 0 Å². The van der Waals surface area contributed by atoms with Gasteiger partial charge in [-0.05, 0) is 18.6 Å². The third-order valence-electron chi connectivity index (χ3n) is 1.86. The molecule has 0 atom stereocenters. The smallest absolute Gasteiger partial charge is 0.244 e. The topological polar surface area (TPSA) is 46.2 Å². The lowest BCUT2D eigenvalue weighted by Gasteiger charge is -1.95. The first-order chi connectivity index (χ1) is 7.22. The SMILES string of the molecule is Cc1ccc(C=CC(=O)NCC=O)cc1. The highest BCUT2D eigenvalue weighted by Crippen LogP contribution is 2.04. The minimum Gasteiger partial charge on any atom is -0.346 e. The Kier molecular flexibility index (Phi) is 4.29. The number of carbonyl (C=O) groups excluding carboxylic acids is 2. The number of aldehydes is 1. The standard InChI is InChI=1S/C12H13NO2/c1-10-2-4-11(5-3-10)6-7-12(15)13-8-9-14/h2-7,9H,8H2,1H3,(H,13,15). The van der Waals surface area contributed by atoms with Gasteiger partial charge in [-0.25, -0.2) is 0 Å². The molecule has 0 unspecified atom stereocenters. The molecule has 1 aromatic rings. The maximum absolute atomic E-state index is 11.1. The fourth-order valence-corrected chi connectivity index (χ4v) is 1.05. The zero-order chi connectivity index (χ0) is 11.1. The lowest BCUT2D eigenvalue weighted by atomic mass is 10.1. The van der Waals surface area contributed by atoms with Gasteiger partial charge in [0.25, 0.3) is 0 Å². The second-order valence-electron chi connectivity index (χ2n) is 3.16. The van der Waals surface area contributed by atoms with E-state index in [1.165, 1.54) is 11.6 Å². The number of hydrogen-bond acceptors (Lipinski definition) is 2. The van der Waals surface area contributed by atoms with E-state index in [4.69, 9.17) is 0 Å². The van der Waals surface area contributed by atoms with Gasteiger partial charge in [0.1, 0.15) is 6.29 Å². The molecule has 1 aromatic carbocycles. The molecule has 0 heterocycles. The highest BCUT2D eigenvalue weighted by Gasteiger charge is 1.92. The summed E-state index contributed by atoms with van der Waals surface area (Å²) >= 11 is 0. The molecule has 0 bridgehead atoms. The first-order valence-electron chi connectivity index (χ1n) is 4.68. The number of benzene rings is 1. The van der Waals surface area contributed by atoms with Crippen LogP contribution in [0.4, 0.5) is 0 Å². The van der Waals surface area contributed by atoms with Gasteiger partial charge in [-0.2, -0.15) is 0 Å². The van der Waals surface area contributed by atoms with Crippen molar-refractivity contribution in [2.75, 3.05) is 6.54 Å². The molecule has 1 N–H and O–H groups in total. The van der Waals surface area contributed by atoms with Crippen LogP contribution in [0, 0.1) is 6.92 Å². The molecule has 0 aliphatic heterocycles. The fraction of sp³-hybridized carbons (Fsp3) is 0.167. The molecule has 0 aliphatic rings. The molecular formula is C12H13NO2. The Bertz CT molecular complexity index is 366. The molecule has 78 valence electrons. The molecule has 0 spiro atoms. The van der Waals surface area contributed by atoms with Crippen molar-refractivity contribution in [3.05, 3.63) is 41.5 Å². The van der Waals surface area contributed by atoms with Gasteiger partial charge in [-0.15, -0.1) is 0 Å². The quantitative estimate of drug-likeness (QED) is 0.592. The van der Waals surface area contributed by atoms with Crippen molar-refractivity contribution >= 4 is 18.3 Å². The summed E-state index contributed by atoms with van der Waals surface area (Å²) in [6.07, 6.45) is 3.77. The average molecular weight is 203 g/mol. The molecule has 15 heavy (non-hydrogen) atoms. The van der Waals surface area contributed by atoms with Crippen molar-refractivity contribution in [1.82, 2.24) is 5.32 Å². The predicted molar refractivity (Wildman–Crippen MR) is 59.3 cm³/mol. The van der Waals surface area contributed by atoms with E-state index >= 15 is 0 Å². The monoisotopic (exact) mass is 203 g/mol. The van der Waals surface area contributed by atoms with E-state index in [0.717, 1.165) is 5.56 Å². The third kappa shape index (κ3) is 4.22. The fourth-order valence-electron chi connectivity index (χ4n) is 1.05. The zero-order valence-electron chi connectivity index (χ0n) is 8.57. The van der Waals surface area contributed by atoms with Crippen LogP contribution in [-0.2, 0) is 9.59 Å². The molecule has 0 aromatic heterocycles. The van der Waals surface area contributed by atoms with Gasteiger partial charge in [0.15, 0.2) is 0 Å². The summed E-state index contributed by atoms with van der Waals surface area (Å²) in [6, 6.07) is 7.81. The molecule has 1 amide bonds. The highest BCUT2D eigenvalue weighted by molar-refractivity contribution is 5.92. The Hall–Kier alpha value is -1.90. The van der Waals surface area contributed by atoms with Crippen molar-refractivity contribution in [2.24, 2.45) is 0 Å². The minimum absolute atomic E-state index is 0.0526. The maximum atomic E-state index is 11.1. The minimum atomic E-state index is -0.261. The lowest BCUT2D eigenvalue weighted by Crippen LogP contribution is -2.22. The van der Waals surface area contributed by atoms with E-state index in [-0.39, 0.29) is 12.5 Å². The Balaban J connectivity index is 2.53. The number of rotatable bonds is 4. The molecule has 0 aliphatic carbocycles. The number of carbonyl (C=O) groups is 2. The predicted octanol–water partition coefficient (Wildman–Crippen LogP) is 1.32. The van der Waals surface area contributed by atoms with Crippen molar-refractivity contribution in [3.63, 3.8) is 0 Å². The molecule has 0 saturated heterocycles. The summed E-state index contributed by atoms with van der Waals surface area (Å²) in [5.41, 5.74) is 2.14. The Morgan fingerprint density at radius 1 is 1.33 bits per heavy atom. The van der Waals surface area contributed by atoms with E-state index in [1.807, 2.05) is 31.2 Å². The average Bonchev–Trinajstić information content (AvgIpc) is 2.25. The van der Waals surface area contributed by atoms with Crippen LogP contribution in [0.3, 0.4) is 0 Å². The summed E-state index contributed by atoms with van der Waals surface area (Å²) in [5, 5.41) is 2.42.